The molecular weight excluding hydrogens is 202 g/mol. The van der Waals surface area contributed by atoms with Crippen molar-refractivity contribution in [3.8, 4) is 0 Å². The predicted octanol–water partition coefficient (Wildman–Crippen LogP) is 2.18. The van der Waals surface area contributed by atoms with Crippen LogP contribution in [-0.2, 0) is 19.6 Å². The van der Waals surface area contributed by atoms with Crippen molar-refractivity contribution in [2.75, 3.05) is 0 Å². The van der Waals surface area contributed by atoms with E-state index in [1.807, 2.05) is 29.1 Å². The van der Waals surface area contributed by atoms with Crippen molar-refractivity contribution in [1.29, 1.82) is 0 Å². The second-order valence-electron chi connectivity index (χ2n) is 3.73. The third kappa shape index (κ3) is 2.73. The van der Waals surface area contributed by atoms with Crippen LogP contribution in [0.5, 0.6) is 0 Å². The molecule has 0 aromatic carbocycles. The number of nitrogens with zero attached hydrogens (tertiary/aromatic N) is 2. The number of aryl methyl sites for hydroxylation is 1. The van der Waals surface area contributed by atoms with Crippen LogP contribution >= 0.6 is 0 Å². The molecule has 1 N–H and O–H groups in total. The van der Waals surface area contributed by atoms with Crippen molar-refractivity contribution in [1.82, 2.24) is 15.1 Å². The van der Waals surface area contributed by atoms with Crippen LogP contribution < -0.4 is 5.32 Å². The third-order valence-corrected chi connectivity index (χ3v) is 2.43. The highest BCUT2D eigenvalue weighted by molar-refractivity contribution is 5.01. The SMILES string of the molecule is CCCn1nccc1CNCc1ccco1. The summed E-state index contributed by atoms with van der Waals surface area (Å²) in [6, 6.07) is 5.92. The molecule has 0 spiro atoms. The van der Waals surface area contributed by atoms with Crippen LogP contribution in [0.1, 0.15) is 24.8 Å². The molecule has 0 radical (unpaired) electrons. The Bertz CT molecular complexity index is 406. The maximum absolute atomic E-state index is 5.25. The normalized spacial score (nSPS) is 10.8. The molecule has 2 aromatic heterocycles. The van der Waals surface area contributed by atoms with Gasteiger partial charge in [0.1, 0.15) is 5.76 Å². The maximum atomic E-state index is 5.25. The Hall–Kier alpha value is -1.55. The number of furan rings is 1. The van der Waals surface area contributed by atoms with E-state index in [1.54, 1.807) is 6.26 Å². The van der Waals surface area contributed by atoms with Gasteiger partial charge in [0.05, 0.1) is 18.5 Å². The van der Waals surface area contributed by atoms with Gasteiger partial charge in [-0.25, -0.2) is 0 Å². The lowest BCUT2D eigenvalue weighted by molar-refractivity contribution is 0.474. The zero-order valence-corrected chi connectivity index (χ0v) is 9.52. The summed E-state index contributed by atoms with van der Waals surface area (Å²) in [5, 5.41) is 7.61. The summed E-state index contributed by atoms with van der Waals surface area (Å²) in [6.45, 7) is 4.71. The minimum absolute atomic E-state index is 0.754. The molecular formula is C12H17N3O. The van der Waals surface area contributed by atoms with Crippen LogP contribution in [0.15, 0.2) is 35.1 Å². The first-order valence-electron chi connectivity index (χ1n) is 5.64. The van der Waals surface area contributed by atoms with E-state index in [2.05, 4.69) is 17.3 Å². The topological polar surface area (TPSA) is 43.0 Å². The molecule has 2 heterocycles. The number of aromatic nitrogens is 2. The third-order valence-electron chi connectivity index (χ3n) is 2.43. The fraction of sp³-hybridized carbons (Fsp3) is 0.417. The summed E-state index contributed by atoms with van der Waals surface area (Å²) in [7, 11) is 0. The van der Waals surface area contributed by atoms with Crippen molar-refractivity contribution in [2.45, 2.75) is 33.0 Å². The van der Waals surface area contributed by atoms with Gasteiger partial charge in [-0.2, -0.15) is 5.10 Å². The van der Waals surface area contributed by atoms with Gasteiger partial charge in [-0.15, -0.1) is 0 Å². The van der Waals surface area contributed by atoms with Gasteiger partial charge in [-0.3, -0.25) is 4.68 Å². The Balaban J connectivity index is 1.82. The zero-order valence-electron chi connectivity index (χ0n) is 9.52. The molecule has 16 heavy (non-hydrogen) atoms. The van der Waals surface area contributed by atoms with Crippen LogP contribution in [0.2, 0.25) is 0 Å². The van der Waals surface area contributed by atoms with E-state index in [9.17, 15) is 0 Å². The standard InChI is InChI=1S/C12H17N3O/c1-2-7-15-11(5-6-14-15)9-13-10-12-4-3-8-16-12/h3-6,8,13H,2,7,9-10H2,1H3. The maximum Gasteiger partial charge on any atom is 0.117 e. The highest BCUT2D eigenvalue weighted by Gasteiger charge is 2.01. The lowest BCUT2D eigenvalue weighted by atomic mass is 10.4. The number of hydrogen-bond donors (Lipinski definition) is 1. The second kappa shape index (κ2) is 5.51. The highest BCUT2D eigenvalue weighted by atomic mass is 16.3. The molecule has 0 aliphatic carbocycles. The molecule has 2 aromatic rings. The van der Waals surface area contributed by atoms with Crippen LogP contribution in [-0.4, -0.2) is 9.78 Å². The molecule has 0 aliphatic heterocycles. The molecule has 4 nitrogen and oxygen atoms in total. The molecule has 0 aliphatic rings. The lowest BCUT2D eigenvalue weighted by Gasteiger charge is -2.06. The Kier molecular flexibility index (Phi) is 3.77. The van der Waals surface area contributed by atoms with E-state index < -0.39 is 0 Å². The minimum atomic E-state index is 0.754. The van der Waals surface area contributed by atoms with Crippen molar-refractivity contribution in [3.05, 3.63) is 42.1 Å². The monoisotopic (exact) mass is 219 g/mol. The fourth-order valence-electron chi connectivity index (χ4n) is 1.65. The molecule has 0 bridgehead atoms. The van der Waals surface area contributed by atoms with Crippen LogP contribution in [0.4, 0.5) is 0 Å². The smallest absolute Gasteiger partial charge is 0.117 e. The first-order valence-corrected chi connectivity index (χ1v) is 5.64. The van der Waals surface area contributed by atoms with Gasteiger partial charge < -0.3 is 9.73 Å². The first kappa shape index (κ1) is 11.0. The van der Waals surface area contributed by atoms with Crippen molar-refractivity contribution < 1.29 is 4.42 Å². The molecule has 4 heteroatoms. The average molecular weight is 219 g/mol. The van der Waals surface area contributed by atoms with E-state index in [0.29, 0.717) is 0 Å². The molecule has 2 rings (SSSR count). The predicted molar refractivity (Wildman–Crippen MR) is 61.8 cm³/mol. The minimum Gasteiger partial charge on any atom is -0.468 e. The lowest BCUT2D eigenvalue weighted by Crippen LogP contribution is -2.16. The molecule has 86 valence electrons. The summed E-state index contributed by atoms with van der Waals surface area (Å²) in [6.07, 6.45) is 4.64. The number of hydrogen-bond acceptors (Lipinski definition) is 3. The van der Waals surface area contributed by atoms with Gasteiger partial charge in [0.25, 0.3) is 0 Å². The van der Waals surface area contributed by atoms with Gasteiger partial charge in [0.15, 0.2) is 0 Å². The van der Waals surface area contributed by atoms with Gasteiger partial charge in [-0.05, 0) is 24.6 Å². The Labute approximate surface area is 95.3 Å². The van der Waals surface area contributed by atoms with Crippen LogP contribution in [0.3, 0.4) is 0 Å². The summed E-state index contributed by atoms with van der Waals surface area (Å²) < 4.78 is 7.28. The highest BCUT2D eigenvalue weighted by Crippen LogP contribution is 2.02. The van der Waals surface area contributed by atoms with Crippen LogP contribution in [0.25, 0.3) is 0 Å². The van der Waals surface area contributed by atoms with Crippen LogP contribution in [0, 0.1) is 0 Å². The summed E-state index contributed by atoms with van der Waals surface area (Å²) >= 11 is 0. The molecule has 0 unspecified atom stereocenters. The van der Waals surface area contributed by atoms with E-state index in [0.717, 1.165) is 31.8 Å². The quantitative estimate of drug-likeness (QED) is 0.809. The van der Waals surface area contributed by atoms with E-state index >= 15 is 0 Å². The zero-order chi connectivity index (χ0) is 11.2. The number of rotatable bonds is 6. The van der Waals surface area contributed by atoms with Gasteiger partial charge in [0, 0.05) is 19.3 Å². The molecule has 0 saturated carbocycles. The van der Waals surface area contributed by atoms with Gasteiger partial charge >= 0.3 is 0 Å². The molecule has 0 amide bonds. The van der Waals surface area contributed by atoms with E-state index in [1.165, 1.54) is 5.69 Å². The van der Waals surface area contributed by atoms with Crippen molar-refractivity contribution in [2.24, 2.45) is 0 Å². The second-order valence-corrected chi connectivity index (χ2v) is 3.73. The van der Waals surface area contributed by atoms with Crippen molar-refractivity contribution >= 4 is 0 Å². The number of nitrogens with one attached hydrogen (secondary N) is 1. The summed E-state index contributed by atoms with van der Waals surface area (Å²) in [4.78, 5) is 0. The van der Waals surface area contributed by atoms with Crippen molar-refractivity contribution in [3.63, 3.8) is 0 Å². The largest absolute Gasteiger partial charge is 0.468 e. The Morgan fingerprint density at radius 3 is 3.06 bits per heavy atom. The Morgan fingerprint density at radius 2 is 2.31 bits per heavy atom. The fourth-order valence-corrected chi connectivity index (χ4v) is 1.65. The van der Waals surface area contributed by atoms with E-state index in [4.69, 9.17) is 4.42 Å². The van der Waals surface area contributed by atoms with Gasteiger partial charge in [-0.1, -0.05) is 6.92 Å². The Morgan fingerprint density at radius 1 is 1.38 bits per heavy atom. The first-order chi connectivity index (χ1) is 7.90. The summed E-state index contributed by atoms with van der Waals surface area (Å²) in [5.41, 5.74) is 1.22. The molecule has 0 atom stereocenters. The van der Waals surface area contributed by atoms with E-state index in [-0.39, 0.29) is 0 Å². The molecule has 0 saturated heterocycles. The summed E-state index contributed by atoms with van der Waals surface area (Å²) in [5.74, 6) is 0.960. The average Bonchev–Trinajstić information content (AvgIpc) is 2.91. The molecule has 0 fully saturated rings. The van der Waals surface area contributed by atoms with Gasteiger partial charge in [0.2, 0.25) is 0 Å².